The van der Waals surface area contributed by atoms with E-state index in [2.05, 4.69) is 10.2 Å². The summed E-state index contributed by atoms with van der Waals surface area (Å²) in [5.41, 5.74) is 1.72. The maximum Gasteiger partial charge on any atom is 0.271 e. The monoisotopic (exact) mass is 458 g/mol. The topological polar surface area (TPSA) is 88.1 Å². The number of methoxy groups -OCH3 is 1. The van der Waals surface area contributed by atoms with Crippen LogP contribution in [-0.4, -0.2) is 25.4 Å². The van der Waals surface area contributed by atoms with Gasteiger partial charge in [0.1, 0.15) is 17.5 Å². The van der Waals surface area contributed by atoms with Gasteiger partial charge in [-0.25, -0.2) is 0 Å². The molecule has 0 bridgehead atoms. The second-order valence-electron chi connectivity index (χ2n) is 7.72. The highest BCUT2D eigenvalue weighted by Gasteiger charge is 2.22. The third kappa shape index (κ3) is 4.79. The van der Waals surface area contributed by atoms with Crippen LogP contribution in [0.4, 0.5) is 22.7 Å². The quantitative estimate of drug-likeness (QED) is 0.334. The molecule has 7 nitrogen and oxygen atoms in total. The van der Waals surface area contributed by atoms with Crippen molar-refractivity contribution < 1.29 is 14.6 Å². The molecule has 0 aliphatic heterocycles. The van der Waals surface area contributed by atoms with Gasteiger partial charge in [0.25, 0.3) is 10.9 Å². The summed E-state index contributed by atoms with van der Waals surface area (Å²) >= 11 is 0. The summed E-state index contributed by atoms with van der Waals surface area (Å²) in [5, 5.41) is 12.6. The summed E-state index contributed by atoms with van der Waals surface area (Å²) in [4.78, 5) is 25.3. The molecule has 1 atom stereocenters. The number of benzene rings is 3. The van der Waals surface area contributed by atoms with Gasteiger partial charge in [0, 0.05) is 23.7 Å². The lowest BCUT2D eigenvalue weighted by atomic mass is 10.1. The van der Waals surface area contributed by atoms with Crippen LogP contribution in [0.3, 0.4) is 0 Å². The van der Waals surface area contributed by atoms with Crippen LogP contribution < -0.4 is 25.8 Å². The minimum atomic E-state index is -0.874. The first-order chi connectivity index (χ1) is 16.5. The second-order valence-corrected chi connectivity index (χ2v) is 7.72. The number of hydrogen-bond acceptors (Lipinski definition) is 7. The van der Waals surface area contributed by atoms with Gasteiger partial charge < -0.3 is 24.8 Å². The van der Waals surface area contributed by atoms with E-state index in [0.717, 1.165) is 22.7 Å². The fraction of sp³-hybridized carbons (Fsp3) is 0.185. The van der Waals surface area contributed by atoms with Crippen molar-refractivity contribution in [2.75, 3.05) is 30.5 Å². The van der Waals surface area contributed by atoms with E-state index in [1.54, 1.807) is 13.2 Å². The second kappa shape index (κ2) is 10.2. The third-order valence-electron chi connectivity index (χ3n) is 5.58. The van der Waals surface area contributed by atoms with E-state index in [1.165, 1.54) is 0 Å². The van der Waals surface area contributed by atoms with E-state index in [0.29, 0.717) is 18.8 Å². The van der Waals surface area contributed by atoms with Gasteiger partial charge in [-0.05, 0) is 55.0 Å². The van der Waals surface area contributed by atoms with Gasteiger partial charge in [-0.1, -0.05) is 36.4 Å². The number of hydrogen-bond donors (Lipinski definition) is 2. The summed E-state index contributed by atoms with van der Waals surface area (Å²) < 4.78 is 11.4. The number of anilines is 4. The van der Waals surface area contributed by atoms with Crippen LogP contribution in [0.2, 0.25) is 0 Å². The van der Waals surface area contributed by atoms with Crippen LogP contribution in [0.1, 0.15) is 18.6 Å². The highest BCUT2D eigenvalue weighted by molar-refractivity contribution is 5.74. The smallest absolute Gasteiger partial charge is 0.271 e. The Morgan fingerprint density at radius 1 is 0.912 bits per heavy atom. The molecule has 4 rings (SSSR count). The molecule has 0 saturated carbocycles. The lowest BCUT2D eigenvalue weighted by Crippen LogP contribution is -2.32. The fourth-order valence-corrected chi connectivity index (χ4v) is 3.80. The normalized spacial score (nSPS) is 11.8. The minimum absolute atomic E-state index is 0.0883. The van der Waals surface area contributed by atoms with E-state index < -0.39 is 16.6 Å². The Morgan fingerprint density at radius 3 is 2.29 bits per heavy atom. The van der Waals surface area contributed by atoms with Gasteiger partial charge in [0.2, 0.25) is 0 Å². The van der Waals surface area contributed by atoms with E-state index in [1.807, 2.05) is 79.7 Å². The van der Waals surface area contributed by atoms with E-state index >= 15 is 0 Å². The largest absolute Gasteiger partial charge is 0.502 e. The van der Waals surface area contributed by atoms with Crippen molar-refractivity contribution in [3.8, 4) is 11.5 Å². The summed E-state index contributed by atoms with van der Waals surface area (Å²) in [6.07, 6.45) is -0.192. The molecule has 0 amide bonds. The third-order valence-corrected chi connectivity index (χ3v) is 5.58. The van der Waals surface area contributed by atoms with Crippen LogP contribution in [0.25, 0.3) is 0 Å². The molecule has 0 saturated heterocycles. The van der Waals surface area contributed by atoms with Gasteiger partial charge in [-0.15, -0.1) is 0 Å². The molecule has 0 radical (unpaired) electrons. The van der Waals surface area contributed by atoms with E-state index in [9.17, 15) is 14.7 Å². The number of nitrogens with one attached hydrogen (secondary N) is 1. The predicted molar refractivity (Wildman–Crippen MR) is 134 cm³/mol. The Bertz CT molecular complexity index is 1310. The van der Waals surface area contributed by atoms with Gasteiger partial charge in [0.15, 0.2) is 5.75 Å². The molecule has 4 aromatic carbocycles. The Kier molecular flexibility index (Phi) is 6.94. The zero-order valence-electron chi connectivity index (χ0n) is 19.0. The molecule has 2 N–H and O–H groups in total. The number of rotatable bonds is 10. The van der Waals surface area contributed by atoms with Crippen molar-refractivity contribution in [3.63, 3.8) is 0 Å². The zero-order valence-corrected chi connectivity index (χ0v) is 19.0. The molecular weight excluding hydrogens is 432 g/mol. The first-order valence-electron chi connectivity index (χ1n) is 11.0. The van der Waals surface area contributed by atoms with Crippen LogP contribution >= 0.6 is 0 Å². The Labute approximate surface area is 197 Å². The average Bonchev–Trinajstić information content (AvgIpc) is 2.89. The average molecular weight is 459 g/mol. The minimum Gasteiger partial charge on any atom is -0.502 e. The van der Waals surface area contributed by atoms with Crippen molar-refractivity contribution in [2.24, 2.45) is 0 Å². The Morgan fingerprint density at radius 2 is 1.65 bits per heavy atom. The summed E-state index contributed by atoms with van der Waals surface area (Å²) in [5.74, 6) is 0.210. The summed E-state index contributed by atoms with van der Waals surface area (Å²) in [6.45, 7) is 3.05. The molecule has 0 aromatic heterocycles. The van der Waals surface area contributed by atoms with Gasteiger partial charge in [-0.2, -0.15) is 0 Å². The lowest BCUT2D eigenvalue weighted by Gasteiger charge is -2.30. The van der Waals surface area contributed by atoms with E-state index in [-0.39, 0.29) is 11.8 Å². The highest BCUT2D eigenvalue weighted by atomic mass is 16.5. The number of aromatic hydroxyl groups is 1. The van der Waals surface area contributed by atoms with Crippen LogP contribution in [0.5, 0.6) is 11.5 Å². The van der Waals surface area contributed by atoms with Crippen molar-refractivity contribution in [3.05, 3.63) is 105 Å². The lowest BCUT2D eigenvalue weighted by molar-refractivity contribution is 0.0688. The fourth-order valence-electron chi connectivity index (χ4n) is 3.80. The molecule has 1 unspecified atom stereocenters. The maximum atomic E-state index is 11.8. The SMILES string of the molecule is CCOC(CN(c1ccc(OC)cc1)c1cccc(Nc2c(O)c(=O)c2=O)c1)c1ccccc1. The molecule has 34 heavy (non-hydrogen) atoms. The van der Waals surface area contributed by atoms with Gasteiger partial charge in [0.05, 0.1) is 13.7 Å². The molecule has 174 valence electrons. The molecule has 0 aliphatic carbocycles. The first-order valence-corrected chi connectivity index (χ1v) is 11.0. The standard InChI is InChI=1S/C27H26N2O5/c1-3-34-23(18-8-5-4-6-9-18)17-29(20-12-14-22(33-2)15-13-20)21-11-7-10-19(16-21)28-24-25(30)27(32)26(24)31/h4-16,23,28,30H,3,17H2,1-2H3. The van der Waals surface area contributed by atoms with Crippen LogP contribution in [0, 0.1) is 0 Å². The molecule has 4 aromatic rings. The number of nitrogens with zero attached hydrogens (tertiary/aromatic N) is 1. The zero-order chi connectivity index (χ0) is 24.1. The van der Waals surface area contributed by atoms with Crippen molar-refractivity contribution >= 4 is 22.7 Å². The van der Waals surface area contributed by atoms with Gasteiger partial charge >= 0.3 is 0 Å². The molecular formula is C27H26N2O5. The van der Waals surface area contributed by atoms with Crippen LogP contribution in [0.15, 0.2) is 88.5 Å². The molecule has 0 heterocycles. The predicted octanol–water partition coefficient (Wildman–Crippen LogP) is 4.66. The van der Waals surface area contributed by atoms with Gasteiger partial charge in [-0.3, -0.25) is 9.59 Å². The van der Waals surface area contributed by atoms with Crippen molar-refractivity contribution in [1.82, 2.24) is 0 Å². The van der Waals surface area contributed by atoms with Crippen molar-refractivity contribution in [2.45, 2.75) is 13.0 Å². The highest BCUT2D eigenvalue weighted by Crippen LogP contribution is 2.33. The first kappa shape index (κ1) is 23.1. The van der Waals surface area contributed by atoms with Crippen molar-refractivity contribution in [1.29, 1.82) is 0 Å². The summed E-state index contributed by atoms with van der Waals surface area (Å²) in [7, 11) is 1.62. The molecule has 0 fully saturated rings. The van der Waals surface area contributed by atoms with E-state index in [4.69, 9.17) is 9.47 Å². The molecule has 0 spiro atoms. The molecule has 7 heteroatoms. The number of ether oxygens (including phenoxy) is 2. The summed E-state index contributed by atoms with van der Waals surface area (Å²) in [6, 6.07) is 25.2. The Hall–Kier alpha value is -4.10. The maximum absolute atomic E-state index is 11.8. The Balaban J connectivity index is 1.70. The van der Waals surface area contributed by atoms with Crippen LogP contribution in [-0.2, 0) is 4.74 Å². The molecule has 0 aliphatic rings.